The number of carbonyl (C=O) groups excluding carboxylic acids is 1. The normalized spacial score (nSPS) is 18.3. The fraction of sp³-hybridized carbons (Fsp3) is 0.364. The fourth-order valence-corrected chi connectivity index (χ4v) is 1.88. The highest BCUT2D eigenvalue weighted by atomic mass is 35.5. The highest BCUT2D eigenvalue weighted by molar-refractivity contribution is 5.94. The van der Waals surface area contributed by atoms with Crippen LogP contribution in [0.25, 0.3) is 0 Å². The Balaban J connectivity index is 0.00000162. The Morgan fingerprint density at radius 1 is 1.39 bits per heavy atom. The Bertz CT molecular complexity index is 449. The van der Waals surface area contributed by atoms with E-state index in [0.29, 0.717) is 18.7 Å². The van der Waals surface area contributed by atoms with Gasteiger partial charge in [0, 0.05) is 36.8 Å². The third-order valence-corrected chi connectivity index (χ3v) is 2.84. The van der Waals surface area contributed by atoms with Gasteiger partial charge in [0.15, 0.2) is 0 Å². The molecule has 0 aliphatic carbocycles. The third kappa shape index (κ3) is 2.96. The number of nitro benzene ring substituents is 1. The number of hydrogen-bond donors (Lipinski definition) is 1. The van der Waals surface area contributed by atoms with Crippen molar-refractivity contribution in [2.45, 2.75) is 12.5 Å². The number of likely N-dealkylation sites (tertiary alicyclic amines) is 1. The Morgan fingerprint density at radius 3 is 2.44 bits per heavy atom. The van der Waals surface area contributed by atoms with Crippen LogP contribution in [-0.4, -0.2) is 34.9 Å². The Labute approximate surface area is 110 Å². The van der Waals surface area contributed by atoms with Gasteiger partial charge in [-0.15, -0.1) is 12.4 Å². The lowest BCUT2D eigenvalue weighted by atomic mass is 10.2. The van der Waals surface area contributed by atoms with Gasteiger partial charge in [0.1, 0.15) is 0 Å². The van der Waals surface area contributed by atoms with Crippen molar-refractivity contribution in [3.05, 3.63) is 39.9 Å². The van der Waals surface area contributed by atoms with Gasteiger partial charge in [-0.05, 0) is 18.6 Å². The summed E-state index contributed by atoms with van der Waals surface area (Å²) in [4.78, 5) is 23.6. The Hall–Kier alpha value is -1.66. The maximum absolute atomic E-state index is 12.0. The second-order valence-corrected chi connectivity index (χ2v) is 4.10. The molecule has 98 valence electrons. The van der Waals surface area contributed by atoms with Crippen molar-refractivity contribution in [3.63, 3.8) is 0 Å². The van der Waals surface area contributed by atoms with E-state index < -0.39 is 4.92 Å². The zero-order valence-electron chi connectivity index (χ0n) is 9.61. The van der Waals surface area contributed by atoms with E-state index in [1.165, 1.54) is 24.3 Å². The second kappa shape index (κ2) is 5.79. The van der Waals surface area contributed by atoms with Crippen LogP contribution in [0.1, 0.15) is 16.8 Å². The van der Waals surface area contributed by atoms with Gasteiger partial charge in [-0.1, -0.05) is 0 Å². The molecule has 2 N–H and O–H groups in total. The van der Waals surface area contributed by atoms with Gasteiger partial charge in [0.25, 0.3) is 11.6 Å². The molecule has 0 radical (unpaired) electrons. The van der Waals surface area contributed by atoms with Crippen molar-refractivity contribution in [2.75, 3.05) is 13.1 Å². The largest absolute Gasteiger partial charge is 0.337 e. The van der Waals surface area contributed by atoms with Crippen molar-refractivity contribution in [2.24, 2.45) is 5.73 Å². The lowest BCUT2D eigenvalue weighted by molar-refractivity contribution is -0.384. The lowest BCUT2D eigenvalue weighted by Crippen LogP contribution is -2.31. The molecule has 0 spiro atoms. The molecule has 2 rings (SSSR count). The third-order valence-electron chi connectivity index (χ3n) is 2.84. The number of nitrogens with two attached hydrogens (primary N) is 1. The summed E-state index contributed by atoms with van der Waals surface area (Å²) in [6.07, 6.45) is 0.804. The van der Waals surface area contributed by atoms with Crippen LogP contribution in [0.5, 0.6) is 0 Å². The zero-order valence-corrected chi connectivity index (χ0v) is 10.4. The first kappa shape index (κ1) is 14.4. The molecule has 18 heavy (non-hydrogen) atoms. The van der Waals surface area contributed by atoms with Crippen molar-refractivity contribution in [3.8, 4) is 0 Å². The van der Waals surface area contributed by atoms with Crippen molar-refractivity contribution < 1.29 is 9.72 Å². The van der Waals surface area contributed by atoms with Crippen LogP contribution >= 0.6 is 12.4 Å². The van der Waals surface area contributed by atoms with Gasteiger partial charge < -0.3 is 10.6 Å². The molecule has 1 amide bonds. The highest BCUT2D eigenvalue weighted by Crippen LogP contribution is 2.16. The molecule has 1 atom stereocenters. The van der Waals surface area contributed by atoms with E-state index in [0.717, 1.165) is 6.42 Å². The molecule has 1 aromatic rings. The van der Waals surface area contributed by atoms with Crippen LogP contribution in [0.15, 0.2) is 24.3 Å². The van der Waals surface area contributed by atoms with Crippen LogP contribution in [0, 0.1) is 10.1 Å². The van der Waals surface area contributed by atoms with Crippen molar-refractivity contribution in [1.29, 1.82) is 0 Å². The molecule has 1 heterocycles. The highest BCUT2D eigenvalue weighted by Gasteiger charge is 2.24. The maximum Gasteiger partial charge on any atom is 0.269 e. The number of amides is 1. The molecule has 1 aromatic carbocycles. The quantitative estimate of drug-likeness (QED) is 0.646. The number of carbonyl (C=O) groups is 1. The van der Waals surface area contributed by atoms with Crippen LogP contribution < -0.4 is 5.73 Å². The molecule has 0 bridgehead atoms. The molecular weight excluding hydrogens is 258 g/mol. The number of non-ortho nitro benzene ring substituents is 1. The number of hydrogen-bond acceptors (Lipinski definition) is 4. The van der Waals surface area contributed by atoms with Crippen molar-refractivity contribution >= 4 is 24.0 Å². The van der Waals surface area contributed by atoms with E-state index in [9.17, 15) is 14.9 Å². The molecule has 1 aliphatic rings. The molecule has 0 saturated carbocycles. The first-order valence-electron chi connectivity index (χ1n) is 5.37. The SMILES string of the molecule is Cl.N[C@H]1CCN(C(=O)c2ccc([N+](=O)[O-])cc2)C1. The van der Waals surface area contributed by atoms with Crippen LogP contribution in [0.3, 0.4) is 0 Å². The monoisotopic (exact) mass is 271 g/mol. The first-order chi connectivity index (χ1) is 8.08. The summed E-state index contributed by atoms with van der Waals surface area (Å²) < 4.78 is 0. The smallest absolute Gasteiger partial charge is 0.269 e. The minimum atomic E-state index is -0.486. The van der Waals surface area contributed by atoms with Gasteiger partial charge >= 0.3 is 0 Å². The molecule has 1 fully saturated rings. The predicted molar refractivity (Wildman–Crippen MR) is 68.8 cm³/mol. The van der Waals surface area contributed by atoms with E-state index in [1.807, 2.05) is 0 Å². The summed E-state index contributed by atoms with van der Waals surface area (Å²) in [5.41, 5.74) is 6.17. The van der Waals surface area contributed by atoms with Crippen LogP contribution in [-0.2, 0) is 0 Å². The predicted octanol–water partition coefficient (Wildman–Crippen LogP) is 1.19. The molecule has 0 aromatic heterocycles. The molecule has 1 aliphatic heterocycles. The summed E-state index contributed by atoms with van der Waals surface area (Å²) in [6.45, 7) is 1.20. The summed E-state index contributed by atoms with van der Waals surface area (Å²) in [5, 5.41) is 10.5. The Kier molecular flexibility index (Phi) is 4.63. The zero-order chi connectivity index (χ0) is 12.4. The van der Waals surface area contributed by atoms with Gasteiger partial charge in [-0.2, -0.15) is 0 Å². The number of halogens is 1. The van der Waals surface area contributed by atoms with Crippen molar-refractivity contribution in [1.82, 2.24) is 4.90 Å². The Morgan fingerprint density at radius 2 is 2.00 bits per heavy atom. The molecule has 1 saturated heterocycles. The molecular formula is C11H14ClN3O3. The maximum atomic E-state index is 12.0. The van der Waals surface area contributed by atoms with E-state index in [1.54, 1.807) is 4.90 Å². The minimum Gasteiger partial charge on any atom is -0.337 e. The lowest BCUT2D eigenvalue weighted by Gasteiger charge is -2.15. The topological polar surface area (TPSA) is 89.5 Å². The number of nitrogens with zero attached hydrogens (tertiary/aromatic N) is 2. The second-order valence-electron chi connectivity index (χ2n) is 4.10. The van der Waals surface area contributed by atoms with Gasteiger partial charge in [0.05, 0.1) is 4.92 Å². The van der Waals surface area contributed by atoms with E-state index in [2.05, 4.69) is 0 Å². The van der Waals surface area contributed by atoms with Gasteiger partial charge in [-0.25, -0.2) is 0 Å². The molecule has 6 nitrogen and oxygen atoms in total. The fourth-order valence-electron chi connectivity index (χ4n) is 1.88. The van der Waals surface area contributed by atoms with E-state index in [4.69, 9.17) is 5.73 Å². The first-order valence-corrected chi connectivity index (χ1v) is 5.37. The summed E-state index contributed by atoms with van der Waals surface area (Å²) in [6, 6.07) is 5.66. The molecule has 0 unspecified atom stereocenters. The number of nitro groups is 1. The standard InChI is InChI=1S/C11H13N3O3.ClH/c12-9-5-6-13(7-9)11(15)8-1-3-10(4-2-8)14(16)17;/h1-4,9H,5-7,12H2;1H/t9-;/m0./s1. The van der Waals surface area contributed by atoms with Gasteiger partial charge in [0.2, 0.25) is 0 Å². The van der Waals surface area contributed by atoms with E-state index in [-0.39, 0.29) is 30.0 Å². The van der Waals surface area contributed by atoms with Gasteiger partial charge in [-0.3, -0.25) is 14.9 Å². The number of benzene rings is 1. The average molecular weight is 272 g/mol. The minimum absolute atomic E-state index is 0. The summed E-state index contributed by atoms with van der Waals surface area (Å²) in [7, 11) is 0. The molecule has 7 heteroatoms. The van der Waals surface area contributed by atoms with E-state index >= 15 is 0 Å². The summed E-state index contributed by atoms with van der Waals surface area (Å²) >= 11 is 0. The van der Waals surface area contributed by atoms with Crippen LogP contribution in [0.4, 0.5) is 5.69 Å². The summed E-state index contributed by atoms with van der Waals surface area (Å²) in [5.74, 6) is -0.118. The average Bonchev–Trinajstić information content (AvgIpc) is 2.75. The van der Waals surface area contributed by atoms with Crippen LogP contribution in [0.2, 0.25) is 0 Å². The number of rotatable bonds is 2.